The summed E-state index contributed by atoms with van der Waals surface area (Å²) in [4.78, 5) is 14.5. The summed E-state index contributed by atoms with van der Waals surface area (Å²) in [6.07, 6.45) is 0. The molecule has 0 radical (unpaired) electrons. The van der Waals surface area contributed by atoms with E-state index in [1.54, 1.807) is 4.90 Å². The van der Waals surface area contributed by atoms with Gasteiger partial charge in [-0.25, -0.2) is 4.79 Å². The quantitative estimate of drug-likeness (QED) is 0.716. The van der Waals surface area contributed by atoms with Crippen LogP contribution >= 0.6 is 0 Å². The lowest BCUT2D eigenvalue weighted by Gasteiger charge is -2.27. The zero-order valence-electron chi connectivity index (χ0n) is 16.7. The molecule has 2 amide bonds. The summed E-state index contributed by atoms with van der Waals surface area (Å²) < 4.78 is 13.7. The van der Waals surface area contributed by atoms with E-state index < -0.39 is 0 Å². The van der Waals surface area contributed by atoms with Crippen molar-refractivity contribution in [2.24, 2.45) is 0 Å². The third-order valence-electron chi connectivity index (χ3n) is 5.17. The van der Waals surface area contributed by atoms with E-state index in [0.717, 1.165) is 22.0 Å². The predicted molar refractivity (Wildman–Crippen MR) is 112 cm³/mol. The average molecular weight is 381 g/mol. The number of amides is 2. The topological polar surface area (TPSA) is 55.7 Å². The minimum Gasteiger partial charge on any atom is -0.491 e. The average Bonchev–Trinajstić information content (AvgIpc) is 3.05. The number of nitrogens with one attached hydrogen (secondary N) is 1. The number of carbonyl (C=O) groups excluding carboxylic acids is 1. The molecule has 28 heavy (non-hydrogen) atoms. The van der Waals surface area contributed by atoms with E-state index in [0.29, 0.717) is 44.6 Å². The van der Waals surface area contributed by atoms with Gasteiger partial charge >= 0.3 is 6.03 Å². The van der Waals surface area contributed by atoms with Gasteiger partial charge in [0.2, 0.25) is 0 Å². The fourth-order valence-electron chi connectivity index (χ4n) is 3.97. The molecule has 4 rings (SSSR count). The van der Waals surface area contributed by atoms with Crippen LogP contribution in [0.15, 0.2) is 36.4 Å². The molecule has 0 unspecified atom stereocenters. The van der Waals surface area contributed by atoms with Crippen LogP contribution in [0, 0.1) is 0 Å². The van der Waals surface area contributed by atoms with Gasteiger partial charge in [-0.05, 0) is 39.0 Å². The molecule has 6 heteroatoms. The van der Waals surface area contributed by atoms with Crippen LogP contribution < -0.4 is 10.1 Å². The smallest absolute Gasteiger partial charge is 0.322 e. The van der Waals surface area contributed by atoms with E-state index in [1.165, 1.54) is 5.52 Å². The molecule has 0 saturated carbocycles. The Morgan fingerprint density at radius 3 is 2.61 bits per heavy atom. The number of urea groups is 1. The Kier molecular flexibility index (Phi) is 5.13. The first-order chi connectivity index (χ1) is 13.6. The van der Waals surface area contributed by atoms with E-state index in [2.05, 4.69) is 48.0 Å². The van der Waals surface area contributed by atoms with Gasteiger partial charge < -0.3 is 24.3 Å². The number of aromatic nitrogens is 1. The Labute approximate surface area is 165 Å². The molecule has 2 aromatic carbocycles. The number of morpholine rings is 1. The highest BCUT2D eigenvalue weighted by Gasteiger charge is 2.22. The largest absolute Gasteiger partial charge is 0.491 e. The highest BCUT2D eigenvalue weighted by molar-refractivity contribution is 6.14. The molecule has 0 spiro atoms. The number of para-hydroxylation sites is 1. The Bertz CT molecular complexity index is 1000. The van der Waals surface area contributed by atoms with E-state index >= 15 is 0 Å². The first-order valence-electron chi connectivity index (χ1n) is 9.94. The first-order valence-corrected chi connectivity index (χ1v) is 9.94. The van der Waals surface area contributed by atoms with Crippen LogP contribution in [0.2, 0.25) is 0 Å². The third-order valence-corrected chi connectivity index (χ3v) is 5.17. The van der Waals surface area contributed by atoms with Gasteiger partial charge in [0.15, 0.2) is 5.75 Å². The number of hydrogen-bond acceptors (Lipinski definition) is 3. The molecule has 1 N–H and O–H groups in total. The molecule has 0 bridgehead atoms. The predicted octanol–water partition coefficient (Wildman–Crippen LogP) is 4.64. The Balaban J connectivity index is 1.85. The van der Waals surface area contributed by atoms with Gasteiger partial charge in [-0.15, -0.1) is 0 Å². The molecule has 2 heterocycles. The highest BCUT2D eigenvalue weighted by Crippen LogP contribution is 2.41. The van der Waals surface area contributed by atoms with Gasteiger partial charge in [-0.2, -0.15) is 0 Å². The molecule has 1 aliphatic heterocycles. The van der Waals surface area contributed by atoms with Crippen LogP contribution in [-0.2, 0) is 4.74 Å². The van der Waals surface area contributed by atoms with Crippen LogP contribution in [0.3, 0.4) is 0 Å². The van der Waals surface area contributed by atoms with E-state index in [-0.39, 0.29) is 6.03 Å². The molecule has 3 aromatic rings. The number of hydrogen-bond donors (Lipinski definition) is 1. The number of anilines is 1. The van der Waals surface area contributed by atoms with Crippen LogP contribution in [-0.4, -0.2) is 48.4 Å². The zero-order valence-corrected chi connectivity index (χ0v) is 16.7. The van der Waals surface area contributed by atoms with Gasteiger partial charge in [0, 0.05) is 30.0 Å². The summed E-state index contributed by atoms with van der Waals surface area (Å²) in [5.74, 6) is 0.734. The summed E-state index contributed by atoms with van der Waals surface area (Å²) in [6.45, 7) is 9.21. The van der Waals surface area contributed by atoms with Crippen LogP contribution in [0.1, 0.15) is 26.8 Å². The van der Waals surface area contributed by atoms with Gasteiger partial charge in [0.1, 0.15) is 0 Å². The maximum Gasteiger partial charge on any atom is 0.322 e. The highest BCUT2D eigenvalue weighted by atomic mass is 16.5. The van der Waals surface area contributed by atoms with Crippen LogP contribution in [0.5, 0.6) is 5.75 Å². The molecule has 1 aromatic heterocycles. The summed E-state index contributed by atoms with van der Waals surface area (Å²) in [5, 5.41) is 5.24. The SMILES string of the molecule is CCOc1c(NC(=O)N2CCOCC2)ccc2c1c1ccccc1n2C(C)C. The van der Waals surface area contributed by atoms with Crippen molar-refractivity contribution in [1.82, 2.24) is 9.47 Å². The monoisotopic (exact) mass is 381 g/mol. The van der Waals surface area contributed by atoms with Crippen molar-refractivity contribution in [3.8, 4) is 5.75 Å². The minimum atomic E-state index is -0.115. The standard InChI is InChI=1S/C22H27N3O3/c1-4-28-21-17(23-22(26)24-11-13-27-14-12-24)9-10-19-20(21)16-7-5-6-8-18(16)25(19)15(2)3/h5-10,15H,4,11-14H2,1-3H3,(H,23,26). The maximum atomic E-state index is 12.7. The number of ether oxygens (including phenoxy) is 2. The van der Waals surface area contributed by atoms with E-state index in [4.69, 9.17) is 9.47 Å². The Morgan fingerprint density at radius 1 is 1.14 bits per heavy atom. The lowest BCUT2D eigenvalue weighted by molar-refractivity contribution is 0.0564. The fourth-order valence-corrected chi connectivity index (χ4v) is 3.97. The summed E-state index contributed by atoms with van der Waals surface area (Å²) in [7, 11) is 0. The molecule has 1 aliphatic rings. The molecular formula is C22H27N3O3. The van der Waals surface area contributed by atoms with Crippen molar-refractivity contribution in [3.63, 3.8) is 0 Å². The molecule has 0 atom stereocenters. The van der Waals surface area contributed by atoms with Crippen molar-refractivity contribution in [1.29, 1.82) is 0 Å². The summed E-state index contributed by atoms with van der Waals surface area (Å²) in [5.41, 5.74) is 2.99. The fraction of sp³-hybridized carbons (Fsp3) is 0.409. The lowest BCUT2D eigenvalue weighted by atomic mass is 10.1. The Hall–Kier alpha value is -2.73. The van der Waals surface area contributed by atoms with E-state index in [9.17, 15) is 4.79 Å². The van der Waals surface area contributed by atoms with Crippen molar-refractivity contribution in [2.45, 2.75) is 26.8 Å². The van der Waals surface area contributed by atoms with Crippen molar-refractivity contribution in [3.05, 3.63) is 36.4 Å². The zero-order chi connectivity index (χ0) is 19.7. The van der Waals surface area contributed by atoms with Gasteiger partial charge in [0.05, 0.1) is 36.4 Å². The molecule has 6 nitrogen and oxygen atoms in total. The van der Waals surface area contributed by atoms with Gasteiger partial charge in [0.25, 0.3) is 0 Å². The molecular weight excluding hydrogens is 354 g/mol. The van der Waals surface area contributed by atoms with Crippen molar-refractivity contribution < 1.29 is 14.3 Å². The molecule has 1 saturated heterocycles. The second-order valence-corrected chi connectivity index (χ2v) is 7.28. The van der Waals surface area contributed by atoms with Crippen LogP contribution in [0.25, 0.3) is 21.8 Å². The second kappa shape index (κ2) is 7.72. The number of fused-ring (bicyclic) bond motifs is 3. The molecule has 1 fully saturated rings. The number of nitrogens with zero attached hydrogens (tertiary/aromatic N) is 2. The Morgan fingerprint density at radius 2 is 1.89 bits per heavy atom. The summed E-state index contributed by atoms with van der Waals surface area (Å²) in [6, 6.07) is 12.6. The number of carbonyl (C=O) groups is 1. The normalized spacial score (nSPS) is 14.8. The van der Waals surface area contributed by atoms with Crippen molar-refractivity contribution in [2.75, 3.05) is 38.2 Å². The van der Waals surface area contributed by atoms with E-state index in [1.807, 2.05) is 19.1 Å². The minimum absolute atomic E-state index is 0.115. The van der Waals surface area contributed by atoms with Gasteiger partial charge in [-0.3, -0.25) is 0 Å². The molecule has 0 aliphatic carbocycles. The first kappa shape index (κ1) is 18.6. The number of rotatable bonds is 4. The maximum absolute atomic E-state index is 12.7. The lowest BCUT2D eigenvalue weighted by Crippen LogP contribution is -2.43. The van der Waals surface area contributed by atoms with Crippen molar-refractivity contribution >= 4 is 33.5 Å². The second-order valence-electron chi connectivity index (χ2n) is 7.28. The third kappa shape index (κ3) is 3.18. The summed E-state index contributed by atoms with van der Waals surface area (Å²) >= 11 is 0. The van der Waals surface area contributed by atoms with Gasteiger partial charge in [-0.1, -0.05) is 18.2 Å². The van der Waals surface area contributed by atoms with Crippen LogP contribution in [0.4, 0.5) is 10.5 Å². The molecule has 148 valence electrons. The number of benzene rings is 2.